The Labute approximate surface area is 147 Å². The Hall–Kier alpha value is -2.82. The molecule has 0 fully saturated rings. The van der Waals surface area contributed by atoms with Crippen LogP contribution in [0.4, 0.5) is 5.69 Å². The van der Waals surface area contributed by atoms with Crippen molar-refractivity contribution < 1.29 is 19.1 Å². The summed E-state index contributed by atoms with van der Waals surface area (Å²) in [5.41, 5.74) is 3.83. The second-order valence-electron chi connectivity index (χ2n) is 6.15. The van der Waals surface area contributed by atoms with Gasteiger partial charge in [0.1, 0.15) is 13.2 Å². The monoisotopic (exact) mass is 339 g/mol. The van der Waals surface area contributed by atoms with E-state index in [-0.39, 0.29) is 24.3 Å². The highest BCUT2D eigenvalue weighted by atomic mass is 16.5. The molecule has 1 aliphatic heterocycles. The van der Waals surface area contributed by atoms with Crippen molar-refractivity contribution in [3.05, 3.63) is 64.7 Å². The smallest absolute Gasteiger partial charge is 0.339 e. The van der Waals surface area contributed by atoms with Crippen LogP contribution in [-0.2, 0) is 9.47 Å². The third kappa shape index (κ3) is 3.99. The van der Waals surface area contributed by atoms with E-state index in [1.54, 1.807) is 24.3 Å². The van der Waals surface area contributed by atoms with Gasteiger partial charge in [0.25, 0.3) is 0 Å². The number of cyclic esters (lactones) is 2. The van der Waals surface area contributed by atoms with E-state index in [0.717, 1.165) is 16.8 Å². The molecule has 0 bridgehead atoms. The van der Waals surface area contributed by atoms with E-state index in [1.807, 2.05) is 13.8 Å². The minimum absolute atomic E-state index is 0.243. The summed E-state index contributed by atoms with van der Waals surface area (Å²) in [6, 6.07) is 12.8. The van der Waals surface area contributed by atoms with Crippen molar-refractivity contribution in [1.29, 1.82) is 0 Å². The van der Waals surface area contributed by atoms with E-state index in [2.05, 4.69) is 23.1 Å². The molecule has 0 N–H and O–H groups in total. The third-order valence-corrected chi connectivity index (χ3v) is 4.13. The number of rotatable bonds is 1. The van der Waals surface area contributed by atoms with Crippen molar-refractivity contribution in [3.8, 4) is 0 Å². The molecule has 5 nitrogen and oxygen atoms in total. The first-order chi connectivity index (χ1) is 12.0. The number of carbonyl (C=O) groups excluding carboxylic acids is 2. The molecule has 5 heteroatoms. The SMILES string of the molecule is Cc1cc(C)cc(N2CCOC(=O)c3ccccc3C(=O)OCC2)c1. The fraction of sp³-hybridized carbons (Fsp3) is 0.300. The van der Waals surface area contributed by atoms with Crippen LogP contribution >= 0.6 is 0 Å². The number of hydrogen-bond acceptors (Lipinski definition) is 5. The van der Waals surface area contributed by atoms with Gasteiger partial charge in [-0.15, -0.1) is 0 Å². The lowest BCUT2D eigenvalue weighted by atomic mass is 10.1. The Kier molecular flexibility index (Phi) is 5.03. The molecule has 2 aromatic carbocycles. The second kappa shape index (κ2) is 7.38. The summed E-state index contributed by atoms with van der Waals surface area (Å²) in [4.78, 5) is 26.6. The summed E-state index contributed by atoms with van der Waals surface area (Å²) < 4.78 is 10.7. The minimum Gasteiger partial charge on any atom is -0.460 e. The predicted molar refractivity (Wildman–Crippen MR) is 95.1 cm³/mol. The zero-order valence-electron chi connectivity index (χ0n) is 14.5. The van der Waals surface area contributed by atoms with Crippen molar-refractivity contribution in [1.82, 2.24) is 0 Å². The molecule has 25 heavy (non-hydrogen) atoms. The van der Waals surface area contributed by atoms with E-state index in [4.69, 9.17) is 9.47 Å². The molecule has 0 atom stereocenters. The lowest BCUT2D eigenvalue weighted by molar-refractivity contribution is 0.0488. The number of benzene rings is 2. The standard InChI is InChI=1S/C20H21NO4/c1-14-11-15(2)13-16(12-14)21-7-9-24-19(22)17-5-3-4-6-18(17)20(23)25-10-8-21/h3-6,11-13H,7-10H2,1-2H3. The Morgan fingerprint density at radius 1 is 0.800 bits per heavy atom. The minimum atomic E-state index is -0.505. The first kappa shape index (κ1) is 17.0. The van der Waals surface area contributed by atoms with E-state index >= 15 is 0 Å². The van der Waals surface area contributed by atoms with Gasteiger partial charge in [-0.05, 0) is 49.2 Å². The second-order valence-corrected chi connectivity index (χ2v) is 6.15. The van der Waals surface area contributed by atoms with E-state index < -0.39 is 11.9 Å². The van der Waals surface area contributed by atoms with Crippen LogP contribution in [0.3, 0.4) is 0 Å². The van der Waals surface area contributed by atoms with Crippen LogP contribution in [0.1, 0.15) is 31.8 Å². The van der Waals surface area contributed by atoms with Gasteiger partial charge in [-0.2, -0.15) is 0 Å². The highest BCUT2D eigenvalue weighted by Gasteiger charge is 2.21. The molecule has 1 aliphatic rings. The maximum absolute atomic E-state index is 12.3. The molecule has 0 saturated carbocycles. The summed E-state index contributed by atoms with van der Waals surface area (Å²) in [5.74, 6) is -1.01. The number of carbonyl (C=O) groups is 2. The fourth-order valence-electron chi connectivity index (χ4n) is 2.99. The molecule has 0 spiro atoms. The number of hydrogen-bond donors (Lipinski definition) is 0. The Balaban J connectivity index is 1.84. The fourth-order valence-corrected chi connectivity index (χ4v) is 2.99. The zero-order valence-corrected chi connectivity index (χ0v) is 14.5. The Bertz CT molecular complexity index is 739. The number of nitrogens with zero attached hydrogens (tertiary/aromatic N) is 1. The van der Waals surface area contributed by atoms with E-state index in [1.165, 1.54) is 0 Å². The quantitative estimate of drug-likeness (QED) is 0.747. The number of ether oxygens (including phenoxy) is 2. The molecule has 0 radical (unpaired) electrons. The van der Waals surface area contributed by atoms with Gasteiger partial charge < -0.3 is 14.4 Å². The van der Waals surface area contributed by atoms with Crippen molar-refractivity contribution in [2.45, 2.75) is 13.8 Å². The molecule has 1 heterocycles. The van der Waals surface area contributed by atoms with Gasteiger partial charge >= 0.3 is 11.9 Å². The van der Waals surface area contributed by atoms with Crippen molar-refractivity contribution in [3.63, 3.8) is 0 Å². The maximum atomic E-state index is 12.3. The highest BCUT2D eigenvalue weighted by molar-refractivity contribution is 6.03. The molecule has 130 valence electrons. The van der Waals surface area contributed by atoms with Crippen LogP contribution in [0.15, 0.2) is 42.5 Å². The van der Waals surface area contributed by atoms with Gasteiger partial charge in [0.2, 0.25) is 0 Å². The topological polar surface area (TPSA) is 55.8 Å². The van der Waals surface area contributed by atoms with Gasteiger partial charge in [0.15, 0.2) is 0 Å². The molecule has 2 aromatic rings. The van der Waals surface area contributed by atoms with Crippen LogP contribution < -0.4 is 4.90 Å². The average molecular weight is 339 g/mol. The molecule has 0 aliphatic carbocycles. The molecule has 0 aromatic heterocycles. The van der Waals surface area contributed by atoms with Crippen LogP contribution in [0.2, 0.25) is 0 Å². The number of aryl methyl sites for hydroxylation is 2. The van der Waals surface area contributed by atoms with Gasteiger partial charge in [-0.25, -0.2) is 9.59 Å². The Morgan fingerprint density at radius 3 is 1.76 bits per heavy atom. The van der Waals surface area contributed by atoms with Gasteiger partial charge in [0.05, 0.1) is 24.2 Å². The zero-order chi connectivity index (χ0) is 17.8. The van der Waals surface area contributed by atoms with Crippen molar-refractivity contribution in [2.75, 3.05) is 31.2 Å². The number of esters is 2. The predicted octanol–water partition coefficient (Wildman–Crippen LogP) is 3.14. The first-order valence-corrected chi connectivity index (χ1v) is 8.31. The lowest BCUT2D eigenvalue weighted by Gasteiger charge is -2.25. The molecular formula is C20H21NO4. The summed E-state index contributed by atoms with van der Waals surface area (Å²) in [7, 11) is 0. The summed E-state index contributed by atoms with van der Waals surface area (Å²) in [6.45, 7) is 5.64. The maximum Gasteiger partial charge on any atom is 0.339 e. The first-order valence-electron chi connectivity index (χ1n) is 8.31. The number of fused-ring (bicyclic) bond motifs is 1. The third-order valence-electron chi connectivity index (χ3n) is 4.13. The molecule has 3 rings (SSSR count). The number of anilines is 1. The lowest BCUT2D eigenvalue weighted by Crippen LogP contribution is -2.31. The van der Waals surface area contributed by atoms with Gasteiger partial charge in [0, 0.05) is 5.69 Å². The van der Waals surface area contributed by atoms with Crippen LogP contribution in [0.5, 0.6) is 0 Å². The Morgan fingerprint density at radius 2 is 1.28 bits per heavy atom. The largest absolute Gasteiger partial charge is 0.460 e. The van der Waals surface area contributed by atoms with Crippen LogP contribution in [0.25, 0.3) is 0 Å². The summed E-state index contributed by atoms with van der Waals surface area (Å²) in [6.07, 6.45) is 0. The van der Waals surface area contributed by atoms with Crippen molar-refractivity contribution >= 4 is 17.6 Å². The van der Waals surface area contributed by atoms with Crippen LogP contribution in [-0.4, -0.2) is 38.2 Å². The molecular weight excluding hydrogens is 318 g/mol. The van der Waals surface area contributed by atoms with E-state index in [9.17, 15) is 9.59 Å². The molecule has 0 amide bonds. The highest BCUT2D eigenvalue weighted by Crippen LogP contribution is 2.19. The average Bonchev–Trinajstić information content (AvgIpc) is 2.61. The normalized spacial score (nSPS) is 15.7. The van der Waals surface area contributed by atoms with Crippen molar-refractivity contribution in [2.24, 2.45) is 0 Å². The summed E-state index contributed by atoms with van der Waals surface area (Å²) in [5, 5.41) is 0. The van der Waals surface area contributed by atoms with Crippen LogP contribution in [0, 0.1) is 13.8 Å². The van der Waals surface area contributed by atoms with Gasteiger partial charge in [-0.1, -0.05) is 18.2 Å². The van der Waals surface area contributed by atoms with Gasteiger partial charge in [-0.3, -0.25) is 0 Å². The van der Waals surface area contributed by atoms with E-state index in [0.29, 0.717) is 13.1 Å². The summed E-state index contributed by atoms with van der Waals surface area (Å²) >= 11 is 0. The molecule has 0 unspecified atom stereocenters. The molecule has 0 saturated heterocycles.